The molecule has 0 heterocycles. The minimum Gasteiger partial charge on any atom is -0.359 e. The van der Waals surface area contributed by atoms with Gasteiger partial charge in [0.15, 0.2) is 5.60 Å². The quantitative estimate of drug-likeness (QED) is 0.554. The molecule has 15 heavy (non-hydrogen) atoms. The van der Waals surface area contributed by atoms with Crippen LogP contribution in [0.4, 0.5) is 0 Å². The van der Waals surface area contributed by atoms with Gasteiger partial charge in [-0.3, -0.25) is 0 Å². The maximum absolute atomic E-state index is 5.51. The van der Waals surface area contributed by atoms with Crippen molar-refractivity contribution in [3.05, 3.63) is 35.4 Å². The molecule has 1 rings (SSSR count). The normalized spacial score (nSPS) is 14.3. The van der Waals surface area contributed by atoms with Crippen LogP contribution in [-0.2, 0) is 15.1 Å². The summed E-state index contributed by atoms with van der Waals surface area (Å²) >= 11 is 0. The summed E-state index contributed by atoms with van der Waals surface area (Å²) in [4.78, 5) is 0. The Morgan fingerprint density at radius 1 is 1.47 bits per heavy atom. The van der Waals surface area contributed by atoms with Crippen molar-refractivity contribution in [3.8, 4) is 12.3 Å². The summed E-state index contributed by atoms with van der Waals surface area (Å²) in [6.45, 7) is 4.08. The third-order valence-electron chi connectivity index (χ3n) is 2.31. The van der Waals surface area contributed by atoms with Gasteiger partial charge in [-0.15, -0.1) is 6.42 Å². The second-order valence-electron chi connectivity index (χ2n) is 3.60. The van der Waals surface area contributed by atoms with Gasteiger partial charge in [0.25, 0.3) is 0 Å². The van der Waals surface area contributed by atoms with Crippen molar-refractivity contribution in [2.45, 2.75) is 19.4 Å². The van der Waals surface area contributed by atoms with Crippen molar-refractivity contribution in [2.24, 2.45) is 0 Å². The van der Waals surface area contributed by atoms with Gasteiger partial charge in [-0.25, -0.2) is 0 Å². The van der Waals surface area contributed by atoms with Gasteiger partial charge in [-0.05, 0) is 19.4 Å². The zero-order chi connectivity index (χ0) is 11.3. The molecular formula is C13H16O2. The van der Waals surface area contributed by atoms with Crippen LogP contribution in [0, 0.1) is 19.3 Å². The highest BCUT2D eigenvalue weighted by Crippen LogP contribution is 2.25. The van der Waals surface area contributed by atoms with Gasteiger partial charge in [-0.2, -0.15) is 0 Å². The lowest BCUT2D eigenvalue weighted by molar-refractivity contribution is -0.0989. The van der Waals surface area contributed by atoms with E-state index in [1.54, 1.807) is 7.11 Å². The predicted molar refractivity (Wildman–Crippen MR) is 60.3 cm³/mol. The Labute approximate surface area is 91.2 Å². The lowest BCUT2D eigenvalue weighted by Gasteiger charge is -2.24. The summed E-state index contributed by atoms with van der Waals surface area (Å²) in [7, 11) is 1.58. The van der Waals surface area contributed by atoms with Crippen molar-refractivity contribution in [2.75, 3.05) is 13.9 Å². The molecule has 80 valence electrons. The molecule has 1 unspecified atom stereocenters. The van der Waals surface area contributed by atoms with Gasteiger partial charge in [0.1, 0.15) is 6.79 Å². The second-order valence-corrected chi connectivity index (χ2v) is 3.60. The molecule has 0 fully saturated rings. The number of hydrogen-bond donors (Lipinski definition) is 0. The molecule has 0 aliphatic heterocycles. The summed E-state index contributed by atoms with van der Waals surface area (Å²) in [6.07, 6.45) is 5.50. The van der Waals surface area contributed by atoms with Gasteiger partial charge in [0, 0.05) is 7.11 Å². The van der Waals surface area contributed by atoms with E-state index in [0.717, 1.165) is 11.1 Å². The Morgan fingerprint density at radius 3 is 2.73 bits per heavy atom. The summed E-state index contributed by atoms with van der Waals surface area (Å²) in [5, 5.41) is 0. The summed E-state index contributed by atoms with van der Waals surface area (Å²) < 4.78 is 10.4. The monoisotopic (exact) mass is 204 g/mol. The third kappa shape index (κ3) is 2.82. The van der Waals surface area contributed by atoms with Crippen molar-refractivity contribution in [3.63, 3.8) is 0 Å². The van der Waals surface area contributed by atoms with Gasteiger partial charge in [0.05, 0.1) is 0 Å². The van der Waals surface area contributed by atoms with Crippen molar-refractivity contribution >= 4 is 0 Å². The molecule has 0 saturated carbocycles. The minimum atomic E-state index is -0.720. The SMILES string of the molecule is C#CC(C)(OCOC)c1cccc(C)c1. The van der Waals surface area contributed by atoms with Crippen LogP contribution in [-0.4, -0.2) is 13.9 Å². The molecule has 0 aliphatic rings. The highest BCUT2D eigenvalue weighted by atomic mass is 16.7. The first-order valence-corrected chi connectivity index (χ1v) is 4.80. The van der Waals surface area contributed by atoms with Crippen LogP contribution < -0.4 is 0 Å². The number of hydrogen-bond acceptors (Lipinski definition) is 2. The molecule has 0 aliphatic carbocycles. The molecule has 2 nitrogen and oxygen atoms in total. The number of aryl methyl sites for hydroxylation is 1. The van der Waals surface area contributed by atoms with Crippen LogP contribution in [0.25, 0.3) is 0 Å². The van der Waals surface area contributed by atoms with Crippen molar-refractivity contribution < 1.29 is 9.47 Å². The standard InChI is InChI=1S/C13H16O2/c1-5-13(3,15-10-14-4)12-8-6-7-11(2)9-12/h1,6-9H,10H2,2-4H3. The molecule has 0 spiro atoms. The van der Waals surface area contributed by atoms with E-state index in [9.17, 15) is 0 Å². The van der Waals surface area contributed by atoms with E-state index in [0.29, 0.717) is 0 Å². The fourth-order valence-corrected chi connectivity index (χ4v) is 1.33. The van der Waals surface area contributed by atoms with Crippen LogP contribution in [0.2, 0.25) is 0 Å². The number of rotatable bonds is 4. The topological polar surface area (TPSA) is 18.5 Å². The van der Waals surface area contributed by atoms with Crippen LogP contribution in [0.3, 0.4) is 0 Å². The molecule has 0 aromatic heterocycles. The van der Waals surface area contributed by atoms with Gasteiger partial charge in [0.2, 0.25) is 0 Å². The first-order valence-electron chi connectivity index (χ1n) is 4.80. The zero-order valence-electron chi connectivity index (χ0n) is 9.41. The molecule has 1 aromatic rings. The molecular weight excluding hydrogens is 188 g/mol. The first kappa shape index (κ1) is 11.8. The average molecular weight is 204 g/mol. The zero-order valence-corrected chi connectivity index (χ0v) is 9.41. The Kier molecular flexibility index (Phi) is 3.90. The Morgan fingerprint density at radius 2 is 2.20 bits per heavy atom. The Balaban J connectivity index is 2.96. The van der Waals surface area contributed by atoms with E-state index in [4.69, 9.17) is 15.9 Å². The smallest absolute Gasteiger partial charge is 0.153 e. The fraction of sp³-hybridized carbons (Fsp3) is 0.385. The first-order chi connectivity index (χ1) is 7.12. The van der Waals surface area contributed by atoms with E-state index in [1.165, 1.54) is 0 Å². The van der Waals surface area contributed by atoms with Crippen LogP contribution in [0.1, 0.15) is 18.1 Å². The number of terminal acetylenes is 1. The highest BCUT2D eigenvalue weighted by Gasteiger charge is 2.24. The van der Waals surface area contributed by atoms with E-state index >= 15 is 0 Å². The molecule has 0 N–H and O–H groups in total. The number of methoxy groups -OCH3 is 1. The van der Waals surface area contributed by atoms with Gasteiger partial charge in [-0.1, -0.05) is 35.7 Å². The van der Waals surface area contributed by atoms with Crippen LogP contribution in [0.15, 0.2) is 24.3 Å². The molecule has 1 aromatic carbocycles. The average Bonchev–Trinajstić information content (AvgIpc) is 2.26. The maximum atomic E-state index is 5.51. The van der Waals surface area contributed by atoms with Gasteiger partial charge < -0.3 is 9.47 Å². The Bertz CT molecular complexity index is 365. The highest BCUT2D eigenvalue weighted by molar-refractivity contribution is 5.32. The molecule has 0 saturated heterocycles. The molecule has 2 heteroatoms. The lowest BCUT2D eigenvalue weighted by Crippen LogP contribution is -2.25. The molecule has 1 atom stereocenters. The maximum Gasteiger partial charge on any atom is 0.153 e. The van der Waals surface area contributed by atoms with Crippen molar-refractivity contribution in [1.29, 1.82) is 0 Å². The minimum absolute atomic E-state index is 0.189. The summed E-state index contributed by atoms with van der Waals surface area (Å²) in [5.41, 5.74) is 1.42. The van der Waals surface area contributed by atoms with Gasteiger partial charge >= 0.3 is 0 Å². The van der Waals surface area contributed by atoms with Crippen molar-refractivity contribution in [1.82, 2.24) is 0 Å². The predicted octanol–water partition coefficient (Wildman–Crippen LogP) is 2.46. The summed E-state index contributed by atoms with van der Waals surface area (Å²) in [6, 6.07) is 7.98. The third-order valence-corrected chi connectivity index (χ3v) is 2.31. The fourth-order valence-electron chi connectivity index (χ4n) is 1.33. The Hall–Kier alpha value is -1.30. The van der Waals surface area contributed by atoms with E-state index < -0.39 is 5.60 Å². The molecule has 0 radical (unpaired) electrons. The number of benzene rings is 1. The van der Waals surface area contributed by atoms with E-state index in [1.807, 2.05) is 38.1 Å². The lowest BCUT2D eigenvalue weighted by atomic mass is 9.95. The van der Waals surface area contributed by atoms with Crippen LogP contribution >= 0.6 is 0 Å². The van der Waals surface area contributed by atoms with E-state index in [2.05, 4.69) is 5.92 Å². The molecule has 0 bridgehead atoms. The molecule has 0 amide bonds. The summed E-state index contributed by atoms with van der Waals surface area (Å²) in [5.74, 6) is 2.65. The second kappa shape index (κ2) is 4.97. The van der Waals surface area contributed by atoms with Crippen LogP contribution in [0.5, 0.6) is 0 Å². The number of ether oxygens (including phenoxy) is 2. The largest absolute Gasteiger partial charge is 0.359 e. The van der Waals surface area contributed by atoms with E-state index in [-0.39, 0.29) is 6.79 Å².